The van der Waals surface area contributed by atoms with Crippen molar-refractivity contribution in [2.24, 2.45) is 0 Å². The van der Waals surface area contributed by atoms with E-state index in [4.69, 9.17) is 0 Å². The van der Waals surface area contributed by atoms with E-state index in [1.807, 2.05) is 47.4 Å². The average molecular weight is 379 g/mol. The van der Waals surface area contributed by atoms with E-state index in [9.17, 15) is 18.3 Å². The van der Waals surface area contributed by atoms with E-state index in [0.717, 1.165) is 5.56 Å². The first kappa shape index (κ1) is 19.5. The molecule has 2 N–H and O–H groups in total. The number of alkyl halides is 3. The minimum atomic E-state index is -4.26. The first-order valence-corrected chi connectivity index (χ1v) is 8.95. The molecule has 0 aliphatic carbocycles. The highest BCUT2D eigenvalue weighted by atomic mass is 19.4. The van der Waals surface area contributed by atoms with Gasteiger partial charge in [0.2, 0.25) is 0 Å². The summed E-state index contributed by atoms with van der Waals surface area (Å²) in [4.78, 5) is 3.37. The van der Waals surface area contributed by atoms with E-state index in [-0.39, 0.29) is 12.6 Å². The van der Waals surface area contributed by atoms with Crippen LogP contribution in [-0.2, 0) is 0 Å². The average Bonchev–Trinajstić information content (AvgIpc) is 2.64. The maximum atomic E-state index is 13.0. The number of benzene rings is 2. The van der Waals surface area contributed by atoms with Gasteiger partial charge in [-0.15, -0.1) is 0 Å². The van der Waals surface area contributed by atoms with Crippen molar-refractivity contribution in [2.75, 3.05) is 43.0 Å². The van der Waals surface area contributed by atoms with Crippen LogP contribution in [0.1, 0.15) is 11.6 Å². The van der Waals surface area contributed by atoms with Gasteiger partial charge in [0.25, 0.3) is 0 Å². The Labute approximate surface area is 157 Å². The number of anilines is 2. The van der Waals surface area contributed by atoms with Gasteiger partial charge in [-0.1, -0.05) is 42.5 Å². The first-order chi connectivity index (χ1) is 12.9. The molecule has 2 atom stereocenters. The zero-order valence-corrected chi connectivity index (χ0v) is 15.2. The molecule has 0 aromatic heterocycles. The van der Waals surface area contributed by atoms with Crippen molar-refractivity contribution < 1.29 is 18.3 Å². The standard InChI is InChI=1S/C20H24F3N3O/c1-24-13-18(27)19(15-7-3-2-4-8-15)26-12-11-25(14-20(21,22)23)16-9-5-6-10-17(16)26/h2-10,18-19,24,27H,11-14H2,1H3/t18-,19?/m1/s1. The molecule has 0 saturated carbocycles. The lowest BCUT2D eigenvalue weighted by Gasteiger charge is -2.44. The van der Waals surface area contributed by atoms with Crippen LogP contribution in [0.4, 0.5) is 24.5 Å². The summed E-state index contributed by atoms with van der Waals surface area (Å²) in [7, 11) is 1.76. The molecule has 4 nitrogen and oxygen atoms in total. The number of hydrogen-bond acceptors (Lipinski definition) is 4. The van der Waals surface area contributed by atoms with Gasteiger partial charge in [-0.3, -0.25) is 0 Å². The highest BCUT2D eigenvalue weighted by Gasteiger charge is 2.37. The predicted molar refractivity (Wildman–Crippen MR) is 101 cm³/mol. The second-order valence-corrected chi connectivity index (χ2v) is 6.70. The molecular weight excluding hydrogens is 355 g/mol. The maximum Gasteiger partial charge on any atom is 0.405 e. The van der Waals surface area contributed by atoms with Crippen molar-refractivity contribution in [2.45, 2.75) is 18.3 Å². The second-order valence-electron chi connectivity index (χ2n) is 6.70. The van der Waals surface area contributed by atoms with Crippen LogP contribution in [0.2, 0.25) is 0 Å². The van der Waals surface area contributed by atoms with E-state index in [0.29, 0.717) is 24.5 Å². The number of rotatable bonds is 6. The van der Waals surface area contributed by atoms with E-state index in [1.165, 1.54) is 4.90 Å². The SMILES string of the molecule is CNC[C@@H](O)C(c1ccccc1)N1CCN(CC(F)(F)F)c2ccccc21. The smallest absolute Gasteiger partial charge is 0.389 e. The third-order valence-corrected chi connectivity index (χ3v) is 4.77. The van der Waals surface area contributed by atoms with Gasteiger partial charge in [-0.2, -0.15) is 13.2 Å². The molecule has 0 fully saturated rings. The summed E-state index contributed by atoms with van der Waals surface area (Å²) in [5.74, 6) is 0. The second kappa shape index (κ2) is 8.19. The van der Waals surface area contributed by atoms with Crippen LogP contribution in [0.15, 0.2) is 54.6 Å². The minimum absolute atomic E-state index is 0.242. The number of aliphatic hydroxyl groups is 1. The van der Waals surface area contributed by atoms with E-state index in [1.54, 1.807) is 19.2 Å². The van der Waals surface area contributed by atoms with Crippen molar-refractivity contribution >= 4 is 11.4 Å². The molecule has 1 aliphatic rings. The van der Waals surface area contributed by atoms with Crippen LogP contribution in [0.25, 0.3) is 0 Å². The fourth-order valence-corrected chi connectivity index (χ4v) is 3.69. The monoisotopic (exact) mass is 379 g/mol. The van der Waals surface area contributed by atoms with Gasteiger partial charge in [-0.05, 0) is 24.7 Å². The Bertz CT molecular complexity index is 739. The largest absolute Gasteiger partial charge is 0.405 e. The number of likely N-dealkylation sites (N-methyl/N-ethyl adjacent to an activating group) is 1. The topological polar surface area (TPSA) is 38.7 Å². The van der Waals surface area contributed by atoms with Gasteiger partial charge >= 0.3 is 6.18 Å². The Kier molecular flexibility index (Phi) is 5.92. The number of nitrogens with zero attached hydrogens (tertiary/aromatic N) is 2. The lowest BCUT2D eigenvalue weighted by atomic mass is 9.97. The van der Waals surface area contributed by atoms with Gasteiger partial charge in [0, 0.05) is 19.6 Å². The summed E-state index contributed by atoms with van der Waals surface area (Å²) >= 11 is 0. The first-order valence-electron chi connectivity index (χ1n) is 8.95. The molecule has 0 amide bonds. The zero-order valence-electron chi connectivity index (χ0n) is 15.2. The van der Waals surface area contributed by atoms with Crippen molar-refractivity contribution in [1.82, 2.24) is 5.32 Å². The normalized spacial score (nSPS) is 16.8. The number of halogens is 3. The van der Waals surface area contributed by atoms with Gasteiger partial charge in [-0.25, -0.2) is 0 Å². The van der Waals surface area contributed by atoms with Crippen molar-refractivity contribution in [3.05, 3.63) is 60.2 Å². The molecule has 0 saturated heterocycles. The van der Waals surface area contributed by atoms with Crippen LogP contribution in [0, 0.1) is 0 Å². The molecule has 1 heterocycles. The fraction of sp³-hybridized carbons (Fsp3) is 0.400. The van der Waals surface area contributed by atoms with Crippen LogP contribution in [0.5, 0.6) is 0 Å². The summed E-state index contributed by atoms with van der Waals surface area (Å²) in [5.41, 5.74) is 2.18. The molecule has 2 aromatic rings. The Morgan fingerprint density at radius 1 is 1.00 bits per heavy atom. The molecule has 0 bridgehead atoms. The van der Waals surface area contributed by atoms with Gasteiger partial charge in [0.15, 0.2) is 0 Å². The maximum absolute atomic E-state index is 13.0. The minimum Gasteiger partial charge on any atom is -0.389 e. The Balaban J connectivity index is 1.99. The van der Waals surface area contributed by atoms with Gasteiger partial charge < -0.3 is 20.2 Å². The van der Waals surface area contributed by atoms with Crippen molar-refractivity contribution in [3.8, 4) is 0 Å². The Hall–Kier alpha value is -2.25. The van der Waals surface area contributed by atoms with Crippen LogP contribution < -0.4 is 15.1 Å². The fourth-order valence-electron chi connectivity index (χ4n) is 3.69. The quantitative estimate of drug-likeness (QED) is 0.809. The Morgan fingerprint density at radius 2 is 1.63 bits per heavy atom. The molecule has 27 heavy (non-hydrogen) atoms. The van der Waals surface area contributed by atoms with Gasteiger partial charge in [0.1, 0.15) is 6.54 Å². The Morgan fingerprint density at radius 3 is 2.26 bits per heavy atom. The number of nitrogens with one attached hydrogen (secondary N) is 1. The third kappa shape index (κ3) is 4.54. The molecule has 3 rings (SSSR count). The van der Waals surface area contributed by atoms with Crippen molar-refractivity contribution in [3.63, 3.8) is 0 Å². The highest BCUT2D eigenvalue weighted by Crippen LogP contribution is 2.40. The molecule has 7 heteroatoms. The van der Waals surface area contributed by atoms with Crippen LogP contribution in [0.3, 0.4) is 0 Å². The summed E-state index contributed by atoms with van der Waals surface area (Å²) < 4.78 is 38.9. The lowest BCUT2D eigenvalue weighted by molar-refractivity contribution is -0.119. The number of hydrogen-bond donors (Lipinski definition) is 2. The summed E-state index contributed by atoms with van der Waals surface area (Å²) in [6.07, 6.45) is -4.97. The molecule has 0 radical (unpaired) electrons. The summed E-state index contributed by atoms with van der Waals surface area (Å²) in [6.45, 7) is 0.0387. The molecule has 2 aromatic carbocycles. The van der Waals surface area contributed by atoms with E-state index in [2.05, 4.69) is 5.32 Å². The summed E-state index contributed by atoms with van der Waals surface area (Å²) in [6, 6.07) is 16.3. The summed E-state index contributed by atoms with van der Waals surface area (Å²) in [5, 5.41) is 13.8. The number of aliphatic hydroxyl groups excluding tert-OH is 1. The third-order valence-electron chi connectivity index (χ3n) is 4.77. The van der Waals surface area contributed by atoms with E-state index < -0.39 is 18.8 Å². The molecule has 0 spiro atoms. The molecule has 1 aliphatic heterocycles. The van der Waals surface area contributed by atoms with Gasteiger partial charge in [0.05, 0.1) is 23.5 Å². The number of para-hydroxylation sites is 2. The zero-order chi connectivity index (χ0) is 19.4. The predicted octanol–water partition coefficient (Wildman–Crippen LogP) is 3.20. The van der Waals surface area contributed by atoms with Crippen molar-refractivity contribution in [1.29, 1.82) is 0 Å². The molecule has 1 unspecified atom stereocenters. The highest BCUT2D eigenvalue weighted by molar-refractivity contribution is 5.74. The van der Waals surface area contributed by atoms with Crippen LogP contribution >= 0.6 is 0 Å². The van der Waals surface area contributed by atoms with E-state index >= 15 is 0 Å². The number of fused-ring (bicyclic) bond motifs is 1. The van der Waals surface area contributed by atoms with Crippen LogP contribution in [-0.4, -0.2) is 50.6 Å². The molecule has 146 valence electrons. The molecular formula is C20H24F3N3O. The lowest BCUT2D eigenvalue weighted by Crippen LogP contribution is -2.49.